The maximum atomic E-state index is 11.9. The molecule has 0 atom stereocenters. The number of nitrogens with zero attached hydrogens (tertiary/aromatic N) is 1. The number of rotatable bonds is 6. The number of amides is 1. The van der Waals surface area contributed by atoms with Gasteiger partial charge in [0.25, 0.3) is 5.91 Å². The molecule has 20 heavy (non-hydrogen) atoms. The van der Waals surface area contributed by atoms with E-state index in [1.165, 1.54) is 14.1 Å². The summed E-state index contributed by atoms with van der Waals surface area (Å²) in [6.45, 7) is 0.0383. The number of hydrogen-bond acceptors (Lipinski definition) is 4. The van der Waals surface area contributed by atoms with Crippen molar-refractivity contribution in [3.63, 3.8) is 0 Å². The van der Waals surface area contributed by atoms with Gasteiger partial charge in [-0.05, 0) is 12.1 Å². The predicted molar refractivity (Wildman–Crippen MR) is 82.1 cm³/mol. The van der Waals surface area contributed by atoms with Gasteiger partial charge in [-0.3, -0.25) is 4.79 Å². The lowest BCUT2D eigenvalue weighted by molar-refractivity contribution is 0.0956. The highest BCUT2D eigenvalue weighted by Gasteiger charge is 2.14. The fraction of sp³-hybridized carbons (Fsp3) is 0.333. The molecule has 0 spiro atoms. The third-order valence-electron chi connectivity index (χ3n) is 2.61. The Balaban J connectivity index is 2.64. The molecule has 110 valence electrons. The summed E-state index contributed by atoms with van der Waals surface area (Å²) in [6.07, 6.45) is 0. The van der Waals surface area contributed by atoms with Crippen molar-refractivity contribution >= 4 is 33.1 Å². The molecule has 0 aliphatic heterocycles. The number of benzene rings is 1. The van der Waals surface area contributed by atoms with Crippen LogP contribution < -0.4 is 11.1 Å². The van der Waals surface area contributed by atoms with Crippen LogP contribution in [0.3, 0.4) is 0 Å². The highest BCUT2D eigenvalue weighted by Crippen LogP contribution is 2.05. The first-order chi connectivity index (χ1) is 9.24. The second kappa shape index (κ2) is 6.78. The Kier molecular flexibility index (Phi) is 5.61. The molecule has 1 rings (SSSR count). The van der Waals surface area contributed by atoms with Gasteiger partial charge in [0.1, 0.15) is 4.99 Å². The third-order valence-corrected chi connectivity index (χ3v) is 4.68. The first-order valence-corrected chi connectivity index (χ1v) is 7.84. The van der Waals surface area contributed by atoms with E-state index in [2.05, 4.69) is 5.32 Å². The van der Waals surface area contributed by atoms with Crippen molar-refractivity contribution in [3.05, 3.63) is 35.4 Å². The molecule has 0 unspecified atom stereocenters. The number of thiocarbonyl (C=S) groups is 1. The predicted octanol–water partition coefficient (Wildman–Crippen LogP) is -0.0580. The van der Waals surface area contributed by atoms with Gasteiger partial charge >= 0.3 is 0 Å². The van der Waals surface area contributed by atoms with E-state index in [9.17, 15) is 13.2 Å². The van der Waals surface area contributed by atoms with Crippen molar-refractivity contribution in [2.24, 2.45) is 5.73 Å². The van der Waals surface area contributed by atoms with E-state index >= 15 is 0 Å². The van der Waals surface area contributed by atoms with E-state index in [-0.39, 0.29) is 23.2 Å². The van der Waals surface area contributed by atoms with Crippen molar-refractivity contribution < 1.29 is 13.2 Å². The fourth-order valence-electron chi connectivity index (χ4n) is 1.39. The number of sulfonamides is 1. The van der Waals surface area contributed by atoms with Crippen LogP contribution in [0.2, 0.25) is 0 Å². The summed E-state index contributed by atoms with van der Waals surface area (Å²) in [4.78, 5) is 12.1. The van der Waals surface area contributed by atoms with E-state index in [1.54, 1.807) is 24.3 Å². The average molecular weight is 315 g/mol. The summed E-state index contributed by atoms with van der Waals surface area (Å²) in [5.74, 6) is -0.516. The van der Waals surface area contributed by atoms with Crippen LogP contribution in [-0.2, 0) is 10.0 Å². The third kappa shape index (κ3) is 4.55. The van der Waals surface area contributed by atoms with Gasteiger partial charge < -0.3 is 11.1 Å². The maximum Gasteiger partial charge on any atom is 0.251 e. The molecule has 0 fully saturated rings. The minimum Gasteiger partial charge on any atom is -0.389 e. The van der Waals surface area contributed by atoms with Gasteiger partial charge in [-0.2, -0.15) is 0 Å². The Hall–Kier alpha value is -1.51. The Labute approximate surface area is 124 Å². The van der Waals surface area contributed by atoms with E-state index < -0.39 is 10.0 Å². The quantitative estimate of drug-likeness (QED) is 0.718. The standard InChI is InChI=1S/C12H17N3O3S2/c1-15(2)20(17,18)7-6-14-12(16)10-5-3-4-9(8-10)11(13)19/h3-5,8H,6-7H2,1-2H3,(H2,13,19)(H,14,16). The van der Waals surface area contributed by atoms with Crippen molar-refractivity contribution in [3.8, 4) is 0 Å². The van der Waals surface area contributed by atoms with E-state index in [0.717, 1.165) is 4.31 Å². The van der Waals surface area contributed by atoms with Gasteiger partial charge in [0.2, 0.25) is 10.0 Å². The van der Waals surface area contributed by atoms with Gasteiger partial charge in [-0.1, -0.05) is 24.4 Å². The van der Waals surface area contributed by atoms with Crippen LogP contribution in [-0.4, -0.2) is 50.0 Å². The van der Waals surface area contributed by atoms with Crippen molar-refractivity contribution in [1.29, 1.82) is 0 Å². The zero-order valence-electron chi connectivity index (χ0n) is 11.3. The smallest absolute Gasteiger partial charge is 0.251 e. The summed E-state index contributed by atoms with van der Waals surface area (Å²) in [6, 6.07) is 6.55. The Bertz CT molecular complexity index is 612. The summed E-state index contributed by atoms with van der Waals surface area (Å²) >= 11 is 4.83. The van der Waals surface area contributed by atoms with Crippen LogP contribution >= 0.6 is 12.2 Å². The topological polar surface area (TPSA) is 92.5 Å². The minimum atomic E-state index is -3.32. The molecule has 0 saturated carbocycles. The fourth-order valence-corrected chi connectivity index (χ4v) is 2.24. The lowest BCUT2D eigenvalue weighted by Gasteiger charge is -2.11. The highest BCUT2D eigenvalue weighted by atomic mass is 32.2. The number of nitrogens with one attached hydrogen (secondary N) is 1. The molecular formula is C12H17N3O3S2. The molecule has 0 aliphatic carbocycles. The van der Waals surface area contributed by atoms with Gasteiger partial charge in [-0.25, -0.2) is 12.7 Å². The highest BCUT2D eigenvalue weighted by molar-refractivity contribution is 7.89. The first kappa shape index (κ1) is 16.5. The number of carbonyl (C=O) groups is 1. The Morgan fingerprint density at radius 3 is 2.50 bits per heavy atom. The van der Waals surface area contributed by atoms with Gasteiger partial charge in [0.15, 0.2) is 0 Å². The molecule has 1 amide bonds. The summed E-state index contributed by atoms with van der Waals surface area (Å²) in [5, 5.41) is 2.55. The van der Waals surface area contributed by atoms with E-state index in [1.807, 2.05) is 0 Å². The summed E-state index contributed by atoms with van der Waals surface area (Å²) in [5.41, 5.74) is 6.47. The van der Waals surface area contributed by atoms with E-state index in [0.29, 0.717) is 11.1 Å². The monoisotopic (exact) mass is 315 g/mol. The molecule has 0 aromatic heterocycles. The molecule has 6 nitrogen and oxygen atoms in total. The van der Waals surface area contributed by atoms with Gasteiger partial charge in [0.05, 0.1) is 5.75 Å². The zero-order chi connectivity index (χ0) is 15.3. The molecule has 0 bridgehead atoms. The Morgan fingerprint density at radius 1 is 1.35 bits per heavy atom. The van der Waals surface area contributed by atoms with E-state index in [4.69, 9.17) is 18.0 Å². The van der Waals surface area contributed by atoms with Crippen LogP contribution in [0.15, 0.2) is 24.3 Å². The van der Waals surface area contributed by atoms with Crippen molar-refractivity contribution in [2.75, 3.05) is 26.4 Å². The molecule has 8 heteroatoms. The van der Waals surface area contributed by atoms with Crippen LogP contribution in [0.25, 0.3) is 0 Å². The molecule has 0 heterocycles. The lowest BCUT2D eigenvalue weighted by atomic mass is 10.1. The second-order valence-electron chi connectivity index (χ2n) is 4.30. The van der Waals surface area contributed by atoms with Crippen LogP contribution in [0.1, 0.15) is 15.9 Å². The SMILES string of the molecule is CN(C)S(=O)(=O)CCNC(=O)c1cccc(C(N)=S)c1. The molecule has 1 aromatic rings. The number of carbonyl (C=O) groups excluding carboxylic acids is 1. The van der Waals surface area contributed by atoms with Gasteiger partial charge in [-0.15, -0.1) is 0 Å². The zero-order valence-corrected chi connectivity index (χ0v) is 12.9. The van der Waals surface area contributed by atoms with Crippen molar-refractivity contribution in [1.82, 2.24) is 9.62 Å². The maximum absolute atomic E-state index is 11.9. The van der Waals surface area contributed by atoms with Gasteiger partial charge in [0, 0.05) is 31.8 Å². The molecular weight excluding hydrogens is 298 g/mol. The first-order valence-electron chi connectivity index (χ1n) is 5.82. The average Bonchev–Trinajstić information content (AvgIpc) is 2.38. The van der Waals surface area contributed by atoms with Crippen molar-refractivity contribution in [2.45, 2.75) is 0 Å². The largest absolute Gasteiger partial charge is 0.389 e. The van der Waals surface area contributed by atoms with Crippen LogP contribution in [0, 0.1) is 0 Å². The molecule has 0 saturated heterocycles. The normalized spacial score (nSPS) is 11.3. The second-order valence-corrected chi connectivity index (χ2v) is 7.04. The molecule has 3 N–H and O–H groups in total. The van der Waals surface area contributed by atoms with Crippen LogP contribution in [0.4, 0.5) is 0 Å². The molecule has 0 aliphatic rings. The lowest BCUT2D eigenvalue weighted by Crippen LogP contribution is -2.34. The minimum absolute atomic E-state index is 0.0383. The summed E-state index contributed by atoms with van der Waals surface area (Å²) < 4.78 is 24.2. The molecule has 0 radical (unpaired) electrons. The summed E-state index contributed by atoms with van der Waals surface area (Å²) in [7, 11) is -0.425. The molecule has 1 aromatic carbocycles. The number of hydrogen-bond donors (Lipinski definition) is 2. The number of nitrogens with two attached hydrogens (primary N) is 1. The van der Waals surface area contributed by atoms with Crippen LogP contribution in [0.5, 0.6) is 0 Å². The Morgan fingerprint density at radius 2 is 1.95 bits per heavy atom.